The maximum Gasteiger partial charge on any atom is 0.253 e. The smallest absolute Gasteiger partial charge is 0.253 e. The Hall–Kier alpha value is -2.63. The van der Waals surface area contributed by atoms with Crippen molar-refractivity contribution in [1.82, 2.24) is 14.2 Å². The van der Waals surface area contributed by atoms with Crippen molar-refractivity contribution in [2.45, 2.75) is 44.4 Å². The molecule has 2 aromatic carbocycles. The summed E-state index contributed by atoms with van der Waals surface area (Å²) in [6.07, 6.45) is 3.42. The fourth-order valence-electron chi connectivity index (χ4n) is 4.30. The molecule has 2 heterocycles. The van der Waals surface area contributed by atoms with E-state index in [0.717, 1.165) is 31.7 Å². The molecule has 0 bridgehead atoms. The number of aromatic nitrogens is 1. The van der Waals surface area contributed by atoms with Gasteiger partial charge in [-0.1, -0.05) is 38.0 Å². The summed E-state index contributed by atoms with van der Waals surface area (Å²) in [5, 5.41) is 0.594. The Labute approximate surface area is 220 Å². The molecule has 0 saturated carbocycles. The maximum atomic E-state index is 14.0. The van der Waals surface area contributed by atoms with Crippen molar-refractivity contribution in [3.05, 3.63) is 53.6 Å². The van der Waals surface area contributed by atoms with Gasteiger partial charge in [-0.15, -0.1) is 0 Å². The Morgan fingerprint density at radius 3 is 2.22 bits per heavy atom. The van der Waals surface area contributed by atoms with Gasteiger partial charge in [0.2, 0.25) is 10.0 Å². The highest BCUT2D eigenvalue weighted by Crippen LogP contribution is 2.31. The van der Waals surface area contributed by atoms with E-state index in [1.165, 1.54) is 29.5 Å². The summed E-state index contributed by atoms with van der Waals surface area (Å²) in [7, 11) is -3.62. The van der Waals surface area contributed by atoms with Crippen molar-refractivity contribution in [2.75, 3.05) is 44.2 Å². The molecule has 1 fully saturated rings. The summed E-state index contributed by atoms with van der Waals surface area (Å²) in [6, 6.07) is 8.27. The Balaban J connectivity index is 1.40. The molecule has 0 spiro atoms. The zero-order chi connectivity index (χ0) is 26.6. The number of hydrogen-bond donors (Lipinski definition) is 0. The van der Waals surface area contributed by atoms with Crippen molar-refractivity contribution in [2.24, 2.45) is 0 Å². The van der Waals surface area contributed by atoms with Crippen LogP contribution in [-0.2, 0) is 10.0 Å². The standard InChI is InChI=1S/C26H32F2N4O3S2/c1-3-5-11-32(12-6-4-2)37(34,35)21-9-7-19(8-10-21)25(33)30-13-15-31(16-14-30)26-29-24-22(28)17-20(27)18-23(24)36-26/h7-10,17-18H,3-6,11-16H2,1-2H3. The third kappa shape index (κ3) is 6.10. The first-order valence-electron chi connectivity index (χ1n) is 12.6. The van der Waals surface area contributed by atoms with E-state index in [1.807, 2.05) is 18.7 Å². The van der Waals surface area contributed by atoms with Gasteiger partial charge in [-0.2, -0.15) is 4.31 Å². The first kappa shape index (κ1) is 27.4. The molecule has 0 atom stereocenters. The van der Waals surface area contributed by atoms with Crippen molar-refractivity contribution in [3.8, 4) is 0 Å². The summed E-state index contributed by atoms with van der Waals surface area (Å²) in [5.74, 6) is -1.49. The van der Waals surface area contributed by atoms with E-state index in [9.17, 15) is 22.0 Å². The van der Waals surface area contributed by atoms with Gasteiger partial charge in [-0.3, -0.25) is 4.79 Å². The van der Waals surface area contributed by atoms with Crippen LogP contribution in [0.3, 0.4) is 0 Å². The fourth-order valence-corrected chi connectivity index (χ4v) is 6.88. The number of thiazole rings is 1. The second-order valence-electron chi connectivity index (χ2n) is 9.15. The molecule has 1 aliphatic heterocycles. The van der Waals surface area contributed by atoms with Gasteiger partial charge in [0.05, 0.1) is 9.60 Å². The van der Waals surface area contributed by atoms with Gasteiger partial charge in [-0.25, -0.2) is 22.2 Å². The summed E-state index contributed by atoms with van der Waals surface area (Å²) in [5.41, 5.74) is 0.580. The number of sulfonamides is 1. The number of hydrogen-bond acceptors (Lipinski definition) is 6. The van der Waals surface area contributed by atoms with Crippen LogP contribution in [0, 0.1) is 11.6 Å². The van der Waals surface area contributed by atoms with Gasteiger partial charge in [0, 0.05) is 50.9 Å². The van der Waals surface area contributed by atoms with Crippen LogP contribution in [0.1, 0.15) is 49.9 Å². The molecule has 11 heteroatoms. The molecule has 0 N–H and O–H groups in total. The lowest BCUT2D eigenvalue weighted by molar-refractivity contribution is 0.0746. The largest absolute Gasteiger partial charge is 0.345 e. The number of fused-ring (bicyclic) bond motifs is 1. The van der Waals surface area contributed by atoms with E-state index in [2.05, 4.69) is 4.98 Å². The third-order valence-electron chi connectivity index (χ3n) is 6.50. The Morgan fingerprint density at radius 1 is 1.00 bits per heavy atom. The number of carbonyl (C=O) groups excluding carboxylic acids is 1. The number of benzene rings is 2. The van der Waals surface area contributed by atoms with E-state index >= 15 is 0 Å². The zero-order valence-electron chi connectivity index (χ0n) is 21.1. The maximum absolute atomic E-state index is 14.0. The van der Waals surface area contributed by atoms with E-state index < -0.39 is 21.7 Å². The molecule has 4 rings (SSSR count). The number of piperazine rings is 1. The lowest BCUT2D eigenvalue weighted by Crippen LogP contribution is -2.48. The molecule has 200 valence electrons. The van der Waals surface area contributed by atoms with Crippen molar-refractivity contribution < 1.29 is 22.0 Å². The summed E-state index contributed by atoms with van der Waals surface area (Å²) in [4.78, 5) is 21.3. The number of unbranched alkanes of at least 4 members (excludes halogenated alkanes) is 2. The number of halogens is 2. The average Bonchev–Trinajstić information content (AvgIpc) is 3.33. The summed E-state index contributed by atoms with van der Waals surface area (Å²) < 4.78 is 55.9. The molecule has 0 radical (unpaired) electrons. The van der Waals surface area contributed by atoms with Crippen LogP contribution in [0.25, 0.3) is 10.2 Å². The molecule has 0 aliphatic carbocycles. The monoisotopic (exact) mass is 550 g/mol. The Morgan fingerprint density at radius 2 is 1.62 bits per heavy atom. The molecule has 7 nitrogen and oxygen atoms in total. The fraction of sp³-hybridized carbons (Fsp3) is 0.462. The Kier molecular flexibility index (Phi) is 8.76. The van der Waals surface area contributed by atoms with Crippen molar-refractivity contribution >= 4 is 42.6 Å². The van der Waals surface area contributed by atoms with E-state index in [1.54, 1.807) is 21.3 Å². The third-order valence-corrected chi connectivity index (χ3v) is 9.48. The SMILES string of the molecule is CCCCN(CCCC)S(=O)(=O)c1ccc(C(=O)N2CCN(c3nc4c(F)cc(F)cc4s3)CC2)cc1. The first-order valence-corrected chi connectivity index (χ1v) is 14.9. The topological polar surface area (TPSA) is 73.8 Å². The van der Waals surface area contributed by atoms with E-state index in [0.29, 0.717) is 54.7 Å². The molecular weight excluding hydrogens is 518 g/mol. The van der Waals surface area contributed by atoms with Crippen LogP contribution in [0.5, 0.6) is 0 Å². The first-order chi connectivity index (χ1) is 17.7. The molecule has 1 aliphatic rings. The van der Waals surface area contributed by atoms with Gasteiger partial charge in [-0.05, 0) is 43.2 Å². The molecule has 1 saturated heterocycles. The zero-order valence-corrected chi connectivity index (χ0v) is 22.8. The van der Waals surface area contributed by atoms with E-state index in [4.69, 9.17) is 0 Å². The lowest BCUT2D eigenvalue weighted by Gasteiger charge is -2.34. The van der Waals surface area contributed by atoms with Crippen molar-refractivity contribution in [1.29, 1.82) is 0 Å². The average molecular weight is 551 g/mol. The van der Waals surface area contributed by atoms with Crippen molar-refractivity contribution in [3.63, 3.8) is 0 Å². The number of nitrogens with zero attached hydrogens (tertiary/aromatic N) is 4. The van der Waals surface area contributed by atoms with Crippen LogP contribution >= 0.6 is 11.3 Å². The molecule has 1 amide bonds. The van der Waals surface area contributed by atoms with Gasteiger partial charge < -0.3 is 9.80 Å². The predicted molar refractivity (Wildman–Crippen MR) is 143 cm³/mol. The predicted octanol–water partition coefficient (Wildman–Crippen LogP) is 5.13. The van der Waals surface area contributed by atoms with Gasteiger partial charge in [0.25, 0.3) is 5.91 Å². The highest BCUT2D eigenvalue weighted by Gasteiger charge is 2.27. The molecule has 37 heavy (non-hydrogen) atoms. The number of amides is 1. The highest BCUT2D eigenvalue weighted by molar-refractivity contribution is 7.89. The molecule has 3 aromatic rings. The molecule has 0 unspecified atom stereocenters. The van der Waals surface area contributed by atoms with Crippen LogP contribution in [0.4, 0.5) is 13.9 Å². The minimum Gasteiger partial charge on any atom is -0.345 e. The quantitative estimate of drug-likeness (QED) is 0.350. The lowest BCUT2D eigenvalue weighted by atomic mass is 10.2. The van der Waals surface area contributed by atoms with Crippen LogP contribution in [-0.4, -0.2) is 67.8 Å². The molecular formula is C26H32F2N4O3S2. The number of carbonyl (C=O) groups is 1. The van der Waals surface area contributed by atoms with Gasteiger partial charge in [0.1, 0.15) is 11.3 Å². The molecule has 1 aromatic heterocycles. The van der Waals surface area contributed by atoms with Gasteiger partial charge >= 0.3 is 0 Å². The minimum atomic E-state index is -3.62. The number of rotatable bonds is 10. The Bertz CT molecular complexity index is 1330. The van der Waals surface area contributed by atoms with Crippen LogP contribution in [0.2, 0.25) is 0 Å². The summed E-state index contributed by atoms with van der Waals surface area (Å²) in [6.45, 7) is 6.93. The summed E-state index contributed by atoms with van der Waals surface area (Å²) >= 11 is 1.22. The van der Waals surface area contributed by atoms with Gasteiger partial charge in [0.15, 0.2) is 10.9 Å². The highest BCUT2D eigenvalue weighted by atomic mass is 32.2. The second-order valence-corrected chi connectivity index (χ2v) is 12.1. The van der Waals surface area contributed by atoms with E-state index in [-0.39, 0.29) is 16.3 Å². The van der Waals surface area contributed by atoms with Crippen LogP contribution < -0.4 is 4.90 Å². The van der Waals surface area contributed by atoms with Crippen LogP contribution in [0.15, 0.2) is 41.3 Å². The minimum absolute atomic E-state index is 0.151. The normalized spacial score (nSPS) is 14.6. The number of anilines is 1. The second kappa shape index (κ2) is 11.8.